The molecule has 0 atom stereocenters. The molecule has 8 nitrogen and oxygen atoms in total. The van der Waals surface area contributed by atoms with Crippen molar-refractivity contribution in [2.24, 2.45) is 0 Å². The third-order valence-electron chi connectivity index (χ3n) is 4.70. The molecular weight excluding hydrogens is 462 g/mol. The fourth-order valence-corrected chi connectivity index (χ4v) is 3.19. The van der Waals surface area contributed by atoms with Gasteiger partial charge in [-0.1, -0.05) is 35.9 Å². The third kappa shape index (κ3) is 6.32. The lowest BCUT2D eigenvalue weighted by atomic mass is 10.2. The zero-order valence-electron chi connectivity index (χ0n) is 18.9. The van der Waals surface area contributed by atoms with Crippen LogP contribution in [-0.2, 0) is 16.1 Å². The van der Waals surface area contributed by atoms with Crippen molar-refractivity contribution in [3.05, 3.63) is 76.8 Å². The second-order valence-electron chi connectivity index (χ2n) is 6.95. The monoisotopic (exact) mass is 485 g/mol. The van der Waals surface area contributed by atoms with E-state index in [2.05, 4.69) is 5.32 Å². The Morgan fingerprint density at radius 1 is 0.853 bits per heavy atom. The van der Waals surface area contributed by atoms with Crippen molar-refractivity contribution < 1.29 is 33.3 Å². The smallest absolute Gasteiger partial charge is 0.342 e. The predicted molar refractivity (Wildman–Crippen MR) is 127 cm³/mol. The van der Waals surface area contributed by atoms with Gasteiger partial charge in [0.25, 0.3) is 5.91 Å². The summed E-state index contributed by atoms with van der Waals surface area (Å²) >= 11 is 5.90. The molecule has 0 unspecified atom stereocenters. The maximum absolute atomic E-state index is 12.6. The van der Waals surface area contributed by atoms with Crippen LogP contribution in [0.2, 0.25) is 5.02 Å². The Hall–Kier alpha value is -3.91. The van der Waals surface area contributed by atoms with E-state index in [0.29, 0.717) is 33.7 Å². The second kappa shape index (κ2) is 11.8. The lowest BCUT2D eigenvalue weighted by Crippen LogP contribution is -2.21. The number of hydrogen-bond donors (Lipinski definition) is 1. The number of carbonyl (C=O) groups excluding carboxylic acids is 2. The number of ether oxygens (including phenoxy) is 5. The van der Waals surface area contributed by atoms with Crippen LogP contribution < -0.4 is 24.3 Å². The van der Waals surface area contributed by atoms with Gasteiger partial charge in [-0.2, -0.15) is 0 Å². The summed E-state index contributed by atoms with van der Waals surface area (Å²) < 4.78 is 26.8. The third-order valence-corrected chi connectivity index (χ3v) is 4.95. The normalized spacial score (nSPS) is 10.2. The van der Waals surface area contributed by atoms with Crippen molar-refractivity contribution in [2.75, 3.05) is 33.3 Å². The van der Waals surface area contributed by atoms with Gasteiger partial charge >= 0.3 is 5.97 Å². The van der Waals surface area contributed by atoms with Crippen LogP contribution in [0.3, 0.4) is 0 Å². The number of amides is 1. The molecule has 1 amide bonds. The number of para-hydroxylation sites is 1. The van der Waals surface area contributed by atoms with E-state index in [9.17, 15) is 9.59 Å². The van der Waals surface area contributed by atoms with E-state index in [1.807, 2.05) is 12.1 Å². The summed E-state index contributed by atoms with van der Waals surface area (Å²) in [6.07, 6.45) is 0. The molecule has 9 heteroatoms. The second-order valence-corrected chi connectivity index (χ2v) is 7.39. The van der Waals surface area contributed by atoms with Crippen molar-refractivity contribution in [3.63, 3.8) is 0 Å². The molecule has 178 valence electrons. The van der Waals surface area contributed by atoms with E-state index in [4.69, 9.17) is 35.3 Å². The molecule has 34 heavy (non-hydrogen) atoms. The number of halogens is 1. The van der Waals surface area contributed by atoms with Gasteiger partial charge in [-0.25, -0.2) is 4.79 Å². The first-order chi connectivity index (χ1) is 16.4. The lowest BCUT2D eigenvalue weighted by Gasteiger charge is -2.15. The molecule has 3 aromatic carbocycles. The number of nitrogens with one attached hydrogen (secondary N) is 1. The molecule has 3 aromatic rings. The number of hydrogen-bond acceptors (Lipinski definition) is 7. The average molecular weight is 486 g/mol. The predicted octanol–water partition coefficient (Wildman–Crippen LogP) is 4.74. The molecule has 0 spiro atoms. The summed E-state index contributed by atoms with van der Waals surface area (Å²) in [6, 6.07) is 17.0. The molecular formula is C25H24ClNO7. The minimum atomic E-state index is -0.688. The molecule has 3 rings (SSSR count). The Morgan fingerprint density at radius 3 is 2.12 bits per heavy atom. The number of benzene rings is 3. The highest BCUT2D eigenvalue weighted by Crippen LogP contribution is 2.39. The van der Waals surface area contributed by atoms with Gasteiger partial charge in [-0.15, -0.1) is 0 Å². The van der Waals surface area contributed by atoms with Crippen molar-refractivity contribution in [1.82, 2.24) is 0 Å². The fraction of sp³-hybridized carbons (Fsp3) is 0.200. The zero-order chi connectivity index (χ0) is 24.5. The molecule has 0 aliphatic carbocycles. The van der Waals surface area contributed by atoms with Crippen molar-refractivity contribution >= 4 is 29.2 Å². The van der Waals surface area contributed by atoms with E-state index in [1.165, 1.54) is 21.3 Å². The number of anilines is 1. The summed E-state index contributed by atoms with van der Waals surface area (Å²) in [6.45, 7) is -0.260. The topological polar surface area (TPSA) is 92.3 Å². The summed E-state index contributed by atoms with van der Waals surface area (Å²) in [5.74, 6) is 0.257. The molecule has 0 saturated heterocycles. The summed E-state index contributed by atoms with van der Waals surface area (Å²) in [5, 5.41) is 3.26. The lowest BCUT2D eigenvalue weighted by molar-refractivity contribution is -0.119. The zero-order valence-corrected chi connectivity index (χ0v) is 19.7. The van der Waals surface area contributed by atoms with Crippen LogP contribution in [-0.4, -0.2) is 39.8 Å². The summed E-state index contributed by atoms with van der Waals surface area (Å²) in [5.41, 5.74) is 1.48. The van der Waals surface area contributed by atoms with Crippen LogP contribution in [0.1, 0.15) is 15.9 Å². The molecule has 0 aliphatic rings. The highest BCUT2D eigenvalue weighted by atomic mass is 35.5. The van der Waals surface area contributed by atoms with E-state index in [-0.39, 0.29) is 12.2 Å². The number of esters is 1. The standard InChI is InChI=1S/C25H24ClNO7/c1-30-21-12-18(13-22(31-2)24(21)32-3)27-23(28)15-34-25(29)19-6-4-5-7-20(19)33-14-16-8-10-17(26)11-9-16/h4-13H,14-15H2,1-3H3,(H,27,28). The van der Waals surface area contributed by atoms with Crippen LogP contribution in [0, 0.1) is 0 Å². The Balaban J connectivity index is 1.61. The van der Waals surface area contributed by atoms with Crippen LogP contribution in [0.25, 0.3) is 0 Å². The Morgan fingerprint density at radius 2 is 1.50 bits per heavy atom. The van der Waals surface area contributed by atoms with E-state index < -0.39 is 18.5 Å². The first kappa shape index (κ1) is 24.7. The molecule has 0 aromatic heterocycles. The summed E-state index contributed by atoms with van der Waals surface area (Å²) in [7, 11) is 4.42. The van der Waals surface area contributed by atoms with E-state index in [0.717, 1.165) is 5.56 Å². The quantitative estimate of drug-likeness (QED) is 0.414. The largest absolute Gasteiger partial charge is 0.493 e. The van der Waals surface area contributed by atoms with E-state index in [1.54, 1.807) is 48.5 Å². The van der Waals surface area contributed by atoms with Crippen molar-refractivity contribution in [3.8, 4) is 23.0 Å². The van der Waals surface area contributed by atoms with Crippen molar-refractivity contribution in [2.45, 2.75) is 6.61 Å². The Kier molecular flexibility index (Phi) is 8.59. The molecule has 0 bridgehead atoms. The first-order valence-corrected chi connectivity index (χ1v) is 10.6. The minimum absolute atomic E-state index is 0.206. The van der Waals surface area contributed by atoms with E-state index >= 15 is 0 Å². The van der Waals surface area contributed by atoms with Crippen molar-refractivity contribution in [1.29, 1.82) is 0 Å². The van der Waals surface area contributed by atoms with Gasteiger partial charge in [-0.3, -0.25) is 4.79 Å². The highest BCUT2D eigenvalue weighted by Gasteiger charge is 2.17. The Labute approximate surface area is 202 Å². The molecule has 1 N–H and O–H groups in total. The fourth-order valence-electron chi connectivity index (χ4n) is 3.06. The van der Waals surface area contributed by atoms with Gasteiger partial charge in [0.15, 0.2) is 18.1 Å². The molecule has 0 aliphatic heterocycles. The van der Waals surface area contributed by atoms with Crippen LogP contribution >= 0.6 is 11.6 Å². The average Bonchev–Trinajstić information content (AvgIpc) is 2.86. The number of rotatable bonds is 10. The molecule has 0 fully saturated rings. The maximum Gasteiger partial charge on any atom is 0.342 e. The Bertz CT molecular complexity index is 1120. The molecule has 0 saturated carbocycles. The SMILES string of the molecule is COc1cc(NC(=O)COC(=O)c2ccccc2OCc2ccc(Cl)cc2)cc(OC)c1OC. The minimum Gasteiger partial charge on any atom is -0.493 e. The highest BCUT2D eigenvalue weighted by molar-refractivity contribution is 6.30. The maximum atomic E-state index is 12.6. The first-order valence-electron chi connectivity index (χ1n) is 10.2. The van der Waals surface area contributed by atoms with Gasteiger partial charge in [0.1, 0.15) is 17.9 Å². The number of methoxy groups -OCH3 is 3. The summed E-state index contributed by atoms with van der Waals surface area (Å²) in [4.78, 5) is 25.0. The molecule has 0 heterocycles. The van der Waals surface area contributed by atoms with Gasteiger partial charge in [0.2, 0.25) is 5.75 Å². The van der Waals surface area contributed by atoms with Crippen LogP contribution in [0.5, 0.6) is 23.0 Å². The van der Waals surface area contributed by atoms with Gasteiger partial charge < -0.3 is 29.0 Å². The van der Waals surface area contributed by atoms with Gasteiger partial charge in [0, 0.05) is 22.8 Å². The van der Waals surface area contributed by atoms with Gasteiger partial charge in [0.05, 0.1) is 21.3 Å². The molecule has 0 radical (unpaired) electrons. The van der Waals surface area contributed by atoms with Crippen LogP contribution in [0.4, 0.5) is 5.69 Å². The van der Waals surface area contributed by atoms with Crippen LogP contribution in [0.15, 0.2) is 60.7 Å². The number of carbonyl (C=O) groups is 2. The van der Waals surface area contributed by atoms with Gasteiger partial charge in [-0.05, 0) is 29.8 Å².